The summed E-state index contributed by atoms with van der Waals surface area (Å²) in [5.74, 6) is 0. The fourth-order valence-electron chi connectivity index (χ4n) is 1.06. The van der Waals surface area contributed by atoms with Gasteiger partial charge in [0.2, 0.25) is 0 Å². The lowest BCUT2D eigenvalue weighted by molar-refractivity contribution is 1.10. The van der Waals surface area contributed by atoms with Crippen LogP contribution in [0.3, 0.4) is 0 Å². The number of thiol groups is 1. The lowest BCUT2D eigenvalue weighted by Gasteiger charge is -2.11. The third-order valence-electron chi connectivity index (χ3n) is 1.74. The highest BCUT2D eigenvalue weighted by molar-refractivity contribution is 7.80. The van der Waals surface area contributed by atoms with Crippen molar-refractivity contribution >= 4 is 35.8 Å². The highest BCUT2D eigenvalue weighted by Gasteiger charge is 2.11. The molecule has 0 nitrogen and oxygen atoms in total. The van der Waals surface area contributed by atoms with Crippen molar-refractivity contribution in [3.63, 3.8) is 0 Å². The Morgan fingerprint density at radius 2 is 1.92 bits per heavy atom. The van der Waals surface area contributed by atoms with Crippen molar-refractivity contribution in [3.8, 4) is 0 Å². The van der Waals surface area contributed by atoms with Crippen LogP contribution in [0, 0.1) is 6.92 Å². The van der Waals surface area contributed by atoms with Gasteiger partial charge in [0.05, 0.1) is 0 Å². The quantitative estimate of drug-likeness (QED) is 0.672. The molecule has 0 saturated carbocycles. The number of rotatable bonds is 1. The lowest BCUT2D eigenvalue weighted by atomic mass is 10.1. The number of hydrogen-bond acceptors (Lipinski definition) is 1. The zero-order valence-electron chi connectivity index (χ0n) is 6.94. The predicted octanol–water partition coefficient (Wildman–Crippen LogP) is 4.29. The second-order valence-electron chi connectivity index (χ2n) is 2.77. The van der Waals surface area contributed by atoms with E-state index < -0.39 is 0 Å². The van der Waals surface area contributed by atoms with Gasteiger partial charge in [-0.25, -0.2) is 0 Å². The normalized spacial score (nSPS) is 13.1. The Labute approximate surface area is 88.3 Å². The summed E-state index contributed by atoms with van der Waals surface area (Å²) in [7, 11) is 0. The molecule has 0 aliphatic carbocycles. The molecule has 0 fully saturated rings. The van der Waals surface area contributed by atoms with Gasteiger partial charge in [0.1, 0.15) is 0 Å². The summed E-state index contributed by atoms with van der Waals surface area (Å²) in [6.45, 7) is 3.91. The topological polar surface area (TPSA) is 0 Å². The predicted molar refractivity (Wildman–Crippen MR) is 58.6 cm³/mol. The molecule has 1 atom stereocenters. The summed E-state index contributed by atoms with van der Waals surface area (Å²) >= 11 is 16.3. The maximum absolute atomic E-state index is 6.06. The molecule has 0 radical (unpaired) electrons. The van der Waals surface area contributed by atoms with Crippen molar-refractivity contribution in [3.05, 3.63) is 33.3 Å². The molecular weight excluding hydrogens is 211 g/mol. The van der Waals surface area contributed by atoms with Crippen LogP contribution in [-0.2, 0) is 0 Å². The Balaban J connectivity index is 3.33. The van der Waals surface area contributed by atoms with Crippen LogP contribution >= 0.6 is 35.8 Å². The van der Waals surface area contributed by atoms with Gasteiger partial charge in [-0.1, -0.05) is 29.3 Å². The molecular formula is C9H10Cl2S. The summed E-state index contributed by atoms with van der Waals surface area (Å²) in [5.41, 5.74) is 1.96. The van der Waals surface area contributed by atoms with E-state index >= 15 is 0 Å². The Morgan fingerprint density at radius 1 is 1.33 bits per heavy atom. The van der Waals surface area contributed by atoms with E-state index in [9.17, 15) is 0 Å². The fraction of sp³-hybridized carbons (Fsp3) is 0.333. The molecule has 0 aromatic heterocycles. The van der Waals surface area contributed by atoms with E-state index in [4.69, 9.17) is 23.2 Å². The van der Waals surface area contributed by atoms with Crippen molar-refractivity contribution in [2.45, 2.75) is 19.1 Å². The number of hydrogen-bond donors (Lipinski definition) is 1. The zero-order chi connectivity index (χ0) is 9.30. The molecule has 1 aromatic rings. The molecule has 66 valence electrons. The van der Waals surface area contributed by atoms with E-state index in [-0.39, 0.29) is 5.25 Å². The second-order valence-corrected chi connectivity index (χ2v) is 4.33. The number of benzene rings is 1. The third kappa shape index (κ3) is 1.90. The van der Waals surface area contributed by atoms with Crippen LogP contribution in [-0.4, -0.2) is 0 Å². The molecule has 0 aliphatic heterocycles. The molecule has 1 aromatic carbocycles. The zero-order valence-corrected chi connectivity index (χ0v) is 9.34. The molecule has 0 aliphatic rings. The summed E-state index contributed by atoms with van der Waals surface area (Å²) in [6, 6.07) is 3.76. The Hall–Kier alpha value is 0.150. The van der Waals surface area contributed by atoms with Gasteiger partial charge in [-0.05, 0) is 25.5 Å². The highest BCUT2D eigenvalue weighted by atomic mass is 35.5. The van der Waals surface area contributed by atoms with Crippen LogP contribution in [0.15, 0.2) is 12.1 Å². The fourth-order valence-corrected chi connectivity index (χ4v) is 2.18. The molecule has 0 amide bonds. The Bertz CT molecular complexity index is 295. The molecule has 0 saturated heterocycles. The molecule has 0 heterocycles. The van der Waals surface area contributed by atoms with Gasteiger partial charge in [0.15, 0.2) is 0 Å². The third-order valence-corrected chi connectivity index (χ3v) is 2.83. The number of aryl methyl sites for hydroxylation is 1. The summed E-state index contributed by atoms with van der Waals surface area (Å²) in [4.78, 5) is 0. The van der Waals surface area contributed by atoms with Gasteiger partial charge in [0.25, 0.3) is 0 Å². The van der Waals surface area contributed by atoms with Crippen molar-refractivity contribution in [2.24, 2.45) is 0 Å². The Kier molecular flexibility index (Phi) is 3.33. The standard InChI is InChI=1S/C9H10Cl2S/c1-5-3-4-7(10)8(6(2)12)9(5)11/h3-4,6,12H,1-2H3. The first-order valence-corrected chi connectivity index (χ1v) is 4.94. The van der Waals surface area contributed by atoms with E-state index in [1.54, 1.807) is 0 Å². The largest absolute Gasteiger partial charge is 0.171 e. The molecule has 0 bridgehead atoms. The van der Waals surface area contributed by atoms with Crippen LogP contribution in [0.25, 0.3) is 0 Å². The summed E-state index contributed by atoms with van der Waals surface area (Å²) < 4.78 is 0. The first-order valence-electron chi connectivity index (χ1n) is 3.66. The summed E-state index contributed by atoms with van der Waals surface area (Å²) in [6.07, 6.45) is 0. The van der Waals surface area contributed by atoms with Crippen molar-refractivity contribution < 1.29 is 0 Å². The summed E-state index contributed by atoms with van der Waals surface area (Å²) in [5, 5.41) is 1.49. The molecule has 1 rings (SSSR count). The van der Waals surface area contributed by atoms with Crippen LogP contribution in [0.5, 0.6) is 0 Å². The van der Waals surface area contributed by atoms with Gasteiger partial charge in [-0.2, -0.15) is 12.6 Å². The van der Waals surface area contributed by atoms with Crippen molar-refractivity contribution in [1.82, 2.24) is 0 Å². The average Bonchev–Trinajstić information content (AvgIpc) is 1.97. The van der Waals surface area contributed by atoms with Gasteiger partial charge in [-0.3, -0.25) is 0 Å². The minimum absolute atomic E-state index is 0.0740. The van der Waals surface area contributed by atoms with E-state index in [0.29, 0.717) is 5.02 Å². The van der Waals surface area contributed by atoms with Gasteiger partial charge >= 0.3 is 0 Å². The molecule has 0 spiro atoms. The maximum Gasteiger partial charge on any atom is 0.0493 e. The smallest absolute Gasteiger partial charge is 0.0493 e. The average molecular weight is 221 g/mol. The van der Waals surface area contributed by atoms with Crippen molar-refractivity contribution in [2.75, 3.05) is 0 Å². The second kappa shape index (κ2) is 3.91. The number of halogens is 2. The monoisotopic (exact) mass is 220 g/mol. The van der Waals surface area contributed by atoms with Crippen LogP contribution in [0.1, 0.15) is 23.3 Å². The molecule has 1 unspecified atom stereocenters. The Morgan fingerprint density at radius 3 is 2.33 bits per heavy atom. The molecule has 0 N–H and O–H groups in total. The minimum Gasteiger partial charge on any atom is -0.171 e. The minimum atomic E-state index is 0.0740. The first kappa shape index (κ1) is 10.2. The van der Waals surface area contributed by atoms with Crippen LogP contribution in [0.2, 0.25) is 10.0 Å². The van der Waals surface area contributed by atoms with Gasteiger partial charge < -0.3 is 0 Å². The van der Waals surface area contributed by atoms with Crippen molar-refractivity contribution in [1.29, 1.82) is 0 Å². The van der Waals surface area contributed by atoms with Gasteiger partial charge in [-0.15, -0.1) is 0 Å². The van der Waals surface area contributed by atoms with Crippen LogP contribution < -0.4 is 0 Å². The SMILES string of the molecule is Cc1ccc(Cl)c(C(C)S)c1Cl. The first-order chi connectivity index (χ1) is 5.54. The maximum atomic E-state index is 6.06. The molecule has 12 heavy (non-hydrogen) atoms. The highest BCUT2D eigenvalue weighted by Crippen LogP contribution is 2.35. The lowest BCUT2D eigenvalue weighted by Crippen LogP contribution is -1.90. The van der Waals surface area contributed by atoms with E-state index in [2.05, 4.69) is 12.6 Å². The molecule has 3 heteroatoms. The van der Waals surface area contributed by atoms with E-state index in [1.165, 1.54) is 0 Å². The van der Waals surface area contributed by atoms with Crippen LogP contribution in [0.4, 0.5) is 0 Å². The van der Waals surface area contributed by atoms with E-state index in [0.717, 1.165) is 16.1 Å². The van der Waals surface area contributed by atoms with Gasteiger partial charge in [0, 0.05) is 20.9 Å². The van der Waals surface area contributed by atoms with E-state index in [1.807, 2.05) is 26.0 Å².